The van der Waals surface area contributed by atoms with E-state index in [0.717, 1.165) is 25.2 Å². The second-order valence-electron chi connectivity index (χ2n) is 7.07. The fourth-order valence-corrected chi connectivity index (χ4v) is 3.81. The van der Waals surface area contributed by atoms with Crippen molar-refractivity contribution in [1.82, 2.24) is 10.2 Å². The normalized spacial score (nSPS) is 20.4. The predicted octanol–water partition coefficient (Wildman–Crippen LogP) is 4.13. The number of carbonyl (C=O) groups is 1. The summed E-state index contributed by atoms with van der Waals surface area (Å²) in [7, 11) is 0. The van der Waals surface area contributed by atoms with E-state index >= 15 is 0 Å². The summed E-state index contributed by atoms with van der Waals surface area (Å²) in [4.78, 5) is 14.7. The molecule has 0 saturated carbocycles. The average molecular weight is 435 g/mol. The summed E-state index contributed by atoms with van der Waals surface area (Å²) in [6.07, 6.45) is 0.510. The molecule has 3 rings (SSSR count). The minimum atomic E-state index is -0.431. The number of carbonyl (C=O) groups excluding carboxylic acids is 1. The second kappa shape index (κ2) is 8.95. The van der Waals surface area contributed by atoms with Crippen LogP contribution < -0.4 is 5.32 Å². The van der Waals surface area contributed by atoms with Gasteiger partial charge in [-0.15, -0.1) is 0 Å². The molecule has 2 unspecified atom stereocenters. The highest BCUT2D eigenvalue weighted by atomic mass is 79.9. The van der Waals surface area contributed by atoms with Gasteiger partial charge in [-0.25, -0.2) is 4.39 Å². The van der Waals surface area contributed by atoms with E-state index < -0.39 is 5.82 Å². The monoisotopic (exact) mass is 434 g/mol. The molecule has 2 atom stereocenters. The van der Waals surface area contributed by atoms with Gasteiger partial charge < -0.3 is 10.1 Å². The largest absolute Gasteiger partial charge is 0.373 e. The molecule has 6 heteroatoms. The lowest BCUT2D eigenvalue weighted by Gasteiger charge is -2.35. The van der Waals surface area contributed by atoms with Crippen molar-refractivity contribution in [3.8, 4) is 0 Å². The van der Waals surface area contributed by atoms with Gasteiger partial charge >= 0.3 is 0 Å². The Morgan fingerprint density at radius 2 is 1.78 bits per heavy atom. The summed E-state index contributed by atoms with van der Waals surface area (Å²) in [5, 5.41) is 2.83. The van der Waals surface area contributed by atoms with E-state index in [1.54, 1.807) is 0 Å². The van der Waals surface area contributed by atoms with Gasteiger partial charge in [0.1, 0.15) is 5.82 Å². The maximum Gasteiger partial charge on any atom is 0.252 e. The number of ether oxygens (including phenoxy) is 1. The Kier molecular flexibility index (Phi) is 6.63. The second-order valence-corrected chi connectivity index (χ2v) is 7.93. The summed E-state index contributed by atoms with van der Waals surface area (Å²) in [6, 6.07) is 12.3. The number of benzene rings is 2. The first kappa shape index (κ1) is 20.0. The average Bonchev–Trinajstić information content (AvgIpc) is 2.62. The molecule has 4 nitrogen and oxygen atoms in total. The number of halogens is 2. The number of nitrogens with one attached hydrogen (secondary N) is 1. The zero-order valence-electron chi connectivity index (χ0n) is 15.5. The first-order chi connectivity index (χ1) is 12.9. The van der Waals surface area contributed by atoms with E-state index in [2.05, 4.69) is 52.1 Å². The quantitative estimate of drug-likeness (QED) is 0.768. The third-order valence-corrected chi connectivity index (χ3v) is 5.24. The Labute approximate surface area is 167 Å². The van der Waals surface area contributed by atoms with Crippen LogP contribution in [-0.4, -0.2) is 36.1 Å². The highest BCUT2D eigenvalue weighted by Gasteiger charge is 2.21. The number of morpholine rings is 1. The lowest BCUT2D eigenvalue weighted by atomic mass is 10.1. The Balaban J connectivity index is 1.54. The molecular formula is C21H24BrFN2O2. The van der Waals surface area contributed by atoms with Gasteiger partial charge in [0.15, 0.2) is 0 Å². The lowest BCUT2D eigenvalue weighted by Crippen LogP contribution is -2.44. The Morgan fingerprint density at radius 1 is 1.15 bits per heavy atom. The Bertz CT molecular complexity index is 787. The van der Waals surface area contributed by atoms with Crippen molar-refractivity contribution >= 4 is 21.8 Å². The van der Waals surface area contributed by atoms with Crippen LogP contribution >= 0.6 is 15.9 Å². The van der Waals surface area contributed by atoms with E-state index in [1.807, 2.05) is 12.1 Å². The molecule has 1 heterocycles. The van der Waals surface area contributed by atoms with Crippen LogP contribution in [0.25, 0.3) is 0 Å². The Morgan fingerprint density at radius 3 is 2.44 bits per heavy atom. The fraction of sp³-hybridized carbons (Fsp3) is 0.381. The van der Waals surface area contributed by atoms with Crippen molar-refractivity contribution in [2.24, 2.45) is 0 Å². The van der Waals surface area contributed by atoms with Gasteiger partial charge in [-0.3, -0.25) is 9.69 Å². The molecule has 1 aliphatic heterocycles. The summed E-state index contributed by atoms with van der Waals surface area (Å²) < 4.78 is 19.7. The van der Waals surface area contributed by atoms with Crippen LogP contribution in [-0.2, 0) is 17.8 Å². The molecule has 27 heavy (non-hydrogen) atoms. The van der Waals surface area contributed by atoms with E-state index in [1.165, 1.54) is 23.8 Å². The molecule has 0 radical (unpaired) electrons. The maximum absolute atomic E-state index is 13.3. The van der Waals surface area contributed by atoms with Gasteiger partial charge in [-0.2, -0.15) is 0 Å². The zero-order valence-corrected chi connectivity index (χ0v) is 17.1. The van der Waals surface area contributed by atoms with Crippen LogP contribution in [0, 0.1) is 5.82 Å². The summed E-state index contributed by atoms with van der Waals surface area (Å²) >= 11 is 3.28. The van der Waals surface area contributed by atoms with Crippen molar-refractivity contribution in [1.29, 1.82) is 0 Å². The molecule has 1 N–H and O–H groups in total. The molecule has 1 fully saturated rings. The van der Waals surface area contributed by atoms with E-state index in [4.69, 9.17) is 4.74 Å². The van der Waals surface area contributed by atoms with Crippen LogP contribution in [0.2, 0.25) is 0 Å². The Hall–Kier alpha value is -1.76. The molecule has 0 bridgehead atoms. The molecule has 1 aliphatic rings. The minimum absolute atomic E-state index is 0.255. The highest BCUT2D eigenvalue weighted by Crippen LogP contribution is 2.18. The van der Waals surface area contributed by atoms with E-state index in [0.29, 0.717) is 16.6 Å². The smallest absolute Gasteiger partial charge is 0.252 e. The molecular weight excluding hydrogens is 411 g/mol. The molecule has 1 amide bonds. The number of hydrogen-bond donors (Lipinski definition) is 1. The fourth-order valence-electron chi connectivity index (χ4n) is 3.38. The van der Waals surface area contributed by atoms with Gasteiger partial charge in [0, 0.05) is 30.7 Å². The van der Waals surface area contributed by atoms with Crippen LogP contribution in [0.15, 0.2) is 46.9 Å². The van der Waals surface area contributed by atoms with Crippen LogP contribution in [0.5, 0.6) is 0 Å². The van der Waals surface area contributed by atoms with Crippen molar-refractivity contribution in [3.05, 3.63) is 69.4 Å². The first-order valence-electron chi connectivity index (χ1n) is 9.09. The SMILES string of the molecule is CC1CN(Cc2ccc(CNC(=O)c3cc(F)ccc3Br)cc2)CC(C)O1. The van der Waals surface area contributed by atoms with Crippen molar-refractivity contribution < 1.29 is 13.9 Å². The van der Waals surface area contributed by atoms with E-state index in [9.17, 15) is 9.18 Å². The van der Waals surface area contributed by atoms with Crippen molar-refractivity contribution in [2.75, 3.05) is 13.1 Å². The zero-order chi connectivity index (χ0) is 19.4. The molecule has 2 aromatic carbocycles. The molecule has 0 spiro atoms. The van der Waals surface area contributed by atoms with Gasteiger partial charge in [0.05, 0.1) is 17.8 Å². The molecule has 0 aliphatic carbocycles. The number of rotatable bonds is 5. The third-order valence-electron chi connectivity index (χ3n) is 4.55. The van der Waals surface area contributed by atoms with Gasteiger partial charge in [-0.05, 0) is 59.1 Å². The van der Waals surface area contributed by atoms with Crippen LogP contribution in [0.1, 0.15) is 35.3 Å². The van der Waals surface area contributed by atoms with E-state index in [-0.39, 0.29) is 18.1 Å². The maximum atomic E-state index is 13.3. The molecule has 1 saturated heterocycles. The number of hydrogen-bond acceptors (Lipinski definition) is 3. The van der Waals surface area contributed by atoms with Crippen molar-refractivity contribution in [3.63, 3.8) is 0 Å². The topological polar surface area (TPSA) is 41.6 Å². The highest BCUT2D eigenvalue weighted by molar-refractivity contribution is 9.10. The first-order valence-corrected chi connectivity index (χ1v) is 9.89. The summed E-state index contributed by atoms with van der Waals surface area (Å²) in [6.45, 7) is 7.36. The molecule has 144 valence electrons. The molecule has 0 aromatic heterocycles. The lowest BCUT2D eigenvalue weighted by molar-refractivity contribution is -0.0704. The molecule has 2 aromatic rings. The van der Waals surface area contributed by atoms with Gasteiger partial charge in [0.2, 0.25) is 0 Å². The summed E-state index contributed by atoms with van der Waals surface area (Å²) in [5.41, 5.74) is 2.53. The summed E-state index contributed by atoms with van der Waals surface area (Å²) in [5.74, 6) is -0.735. The van der Waals surface area contributed by atoms with Crippen LogP contribution in [0.3, 0.4) is 0 Å². The minimum Gasteiger partial charge on any atom is -0.373 e. The third kappa shape index (κ3) is 5.61. The van der Waals surface area contributed by atoms with Gasteiger partial charge in [0.25, 0.3) is 5.91 Å². The number of amides is 1. The predicted molar refractivity (Wildman–Crippen MR) is 107 cm³/mol. The van der Waals surface area contributed by atoms with Gasteiger partial charge in [-0.1, -0.05) is 24.3 Å². The standard InChI is InChI=1S/C21H24BrFN2O2/c1-14-11-25(12-15(2)27-14)13-17-5-3-16(4-6-17)10-24-21(26)19-9-18(23)7-8-20(19)22/h3-9,14-15H,10-13H2,1-2H3,(H,24,26). The van der Waals surface area contributed by atoms with Crippen LogP contribution in [0.4, 0.5) is 4.39 Å². The number of nitrogens with zero attached hydrogens (tertiary/aromatic N) is 1. The van der Waals surface area contributed by atoms with Crippen molar-refractivity contribution in [2.45, 2.75) is 39.1 Å².